The van der Waals surface area contributed by atoms with Crippen molar-refractivity contribution in [1.29, 1.82) is 0 Å². The van der Waals surface area contributed by atoms with Crippen molar-refractivity contribution in [2.75, 3.05) is 13.2 Å². The van der Waals surface area contributed by atoms with Gasteiger partial charge in [-0.05, 0) is 0 Å². The van der Waals surface area contributed by atoms with Gasteiger partial charge in [0.1, 0.15) is 36.7 Å². The van der Waals surface area contributed by atoms with Crippen LogP contribution in [0.25, 0.3) is 0 Å². The SMILES string of the molecule is O=c1ccn([C@H]2C[C@H](O)[C@@H](CO[C@@H]3OC(CO)C(O)C(O)C3O)O2)c(=O)[nH]1. The van der Waals surface area contributed by atoms with Gasteiger partial charge in [-0.3, -0.25) is 14.3 Å². The Bertz CT molecular complexity index is 749. The first-order valence-electron chi connectivity index (χ1n) is 8.39. The Hall–Kier alpha value is -1.64. The number of aromatic amines is 1. The molecule has 152 valence electrons. The molecule has 0 amide bonds. The molecule has 1 aromatic heterocycles. The third kappa shape index (κ3) is 4.12. The summed E-state index contributed by atoms with van der Waals surface area (Å²) in [5.74, 6) is 0. The zero-order chi connectivity index (χ0) is 19.7. The fraction of sp³-hybridized carbons (Fsp3) is 0.733. The first-order valence-corrected chi connectivity index (χ1v) is 8.39. The lowest BCUT2D eigenvalue weighted by atomic mass is 9.99. The average Bonchev–Trinajstić information content (AvgIpc) is 2.99. The molecule has 0 radical (unpaired) electrons. The number of ether oxygens (including phenoxy) is 3. The van der Waals surface area contributed by atoms with E-state index in [4.69, 9.17) is 19.3 Å². The monoisotopic (exact) mass is 390 g/mol. The molecule has 2 aliphatic heterocycles. The highest BCUT2D eigenvalue weighted by atomic mass is 16.7. The molecule has 8 atom stereocenters. The van der Waals surface area contributed by atoms with Crippen LogP contribution in [0.2, 0.25) is 0 Å². The van der Waals surface area contributed by atoms with E-state index in [1.807, 2.05) is 0 Å². The Balaban J connectivity index is 1.61. The molecule has 4 unspecified atom stereocenters. The van der Waals surface area contributed by atoms with Gasteiger partial charge in [0.25, 0.3) is 5.56 Å². The molecule has 0 aliphatic carbocycles. The summed E-state index contributed by atoms with van der Waals surface area (Å²) in [5.41, 5.74) is -1.24. The predicted molar refractivity (Wildman–Crippen MR) is 85.6 cm³/mol. The van der Waals surface area contributed by atoms with Crippen LogP contribution in [0.3, 0.4) is 0 Å². The van der Waals surface area contributed by atoms with Gasteiger partial charge in [-0.25, -0.2) is 4.79 Å². The van der Waals surface area contributed by atoms with Gasteiger partial charge in [0, 0.05) is 18.7 Å². The van der Waals surface area contributed by atoms with E-state index in [1.54, 1.807) is 0 Å². The van der Waals surface area contributed by atoms with E-state index in [9.17, 15) is 30.0 Å². The third-order valence-electron chi connectivity index (χ3n) is 4.64. The molecule has 3 heterocycles. The van der Waals surface area contributed by atoms with E-state index in [-0.39, 0.29) is 13.0 Å². The Morgan fingerprint density at radius 1 is 1.11 bits per heavy atom. The Morgan fingerprint density at radius 2 is 1.85 bits per heavy atom. The normalized spacial score (nSPS) is 39.6. The number of hydrogen-bond donors (Lipinski definition) is 6. The number of nitrogens with one attached hydrogen (secondary N) is 1. The first kappa shape index (κ1) is 20.1. The lowest BCUT2D eigenvalue weighted by Gasteiger charge is -2.39. The van der Waals surface area contributed by atoms with Crippen molar-refractivity contribution in [3.05, 3.63) is 33.1 Å². The maximum atomic E-state index is 11.8. The van der Waals surface area contributed by atoms with E-state index in [2.05, 4.69) is 4.98 Å². The molecular formula is C15H22N2O10. The second kappa shape index (κ2) is 8.16. The molecule has 12 nitrogen and oxygen atoms in total. The summed E-state index contributed by atoms with van der Waals surface area (Å²) in [5, 5.41) is 48.7. The Morgan fingerprint density at radius 3 is 2.52 bits per heavy atom. The zero-order valence-corrected chi connectivity index (χ0v) is 14.1. The molecule has 0 saturated carbocycles. The second-order valence-electron chi connectivity index (χ2n) is 6.48. The van der Waals surface area contributed by atoms with Gasteiger partial charge in [-0.15, -0.1) is 0 Å². The minimum Gasteiger partial charge on any atom is -0.394 e. The summed E-state index contributed by atoms with van der Waals surface area (Å²) in [4.78, 5) is 25.0. The molecule has 27 heavy (non-hydrogen) atoms. The van der Waals surface area contributed by atoms with Gasteiger partial charge in [0.2, 0.25) is 0 Å². The highest BCUT2D eigenvalue weighted by molar-refractivity contribution is 4.90. The molecule has 1 aromatic rings. The van der Waals surface area contributed by atoms with Gasteiger partial charge in [-0.1, -0.05) is 0 Å². The maximum Gasteiger partial charge on any atom is 0.330 e. The van der Waals surface area contributed by atoms with Crippen LogP contribution in [0.4, 0.5) is 0 Å². The topological polar surface area (TPSA) is 184 Å². The van der Waals surface area contributed by atoms with Crippen LogP contribution in [-0.4, -0.2) is 91.2 Å². The van der Waals surface area contributed by atoms with Gasteiger partial charge < -0.3 is 39.7 Å². The molecule has 2 saturated heterocycles. The van der Waals surface area contributed by atoms with Gasteiger partial charge >= 0.3 is 5.69 Å². The summed E-state index contributed by atoms with van der Waals surface area (Å²) in [6.07, 6.45) is -8.51. The molecule has 0 spiro atoms. The zero-order valence-electron chi connectivity index (χ0n) is 14.1. The molecule has 6 N–H and O–H groups in total. The molecule has 0 aromatic carbocycles. The molecule has 2 aliphatic rings. The highest BCUT2D eigenvalue weighted by Gasteiger charge is 2.45. The number of aliphatic hydroxyl groups excluding tert-OH is 5. The third-order valence-corrected chi connectivity index (χ3v) is 4.64. The number of H-pyrrole nitrogens is 1. The number of aliphatic hydroxyl groups is 5. The summed E-state index contributed by atoms with van der Waals surface area (Å²) in [6.45, 7) is -0.844. The number of nitrogens with zero attached hydrogens (tertiary/aromatic N) is 1. The van der Waals surface area contributed by atoms with Crippen LogP contribution >= 0.6 is 0 Å². The van der Waals surface area contributed by atoms with Crippen LogP contribution in [-0.2, 0) is 14.2 Å². The Labute approximate surface area is 152 Å². The summed E-state index contributed by atoms with van der Waals surface area (Å²) < 4.78 is 17.3. The van der Waals surface area contributed by atoms with Crippen molar-refractivity contribution >= 4 is 0 Å². The molecule has 2 fully saturated rings. The van der Waals surface area contributed by atoms with Crippen LogP contribution in [0.15, 0.2) is 21.9 Å². The number of rotatable bonds is 5. The summed E-state index contributed by atoms with van der Waals surface area (Å²) in [6, 6.07) is 1.15. The standard InChI is InChI=1S/C15H22N2O10/c18-4-7-11(21)12(22)13(23)14(27-7)25-5-8-6(19)3-10(26-8)17-2-1-9(20)16-15(17)24/h1-2,6-8,10-14,18-19,21-23H,3-5H2,(H,16,20,24)/t6-,7?,8+,10+,11?,12?,13?,14+/m0/s1. The highest BCUT2D eigenvalue weighted by Crippen LogP contribution is 2.29. The van der Waals surface area contributed by atoms with Crippen LogP contribution in [0.5, 0.6) is 0 Å². The summed E-state index contributed by atoms with van der Waals surface area (Å²) >= 11 is 0. The minimum atomic E-state index is -1.58. The smallest absolute Gasteiger partial charge is 0.330 e. The minimum absolute atomic E-state index is 0.0641. The van der Waals surface area contributed by atoms with E-state index in [0.29, 0.717) is 0 Å². The fourth-order valence-corrected chi connectivity index (χ4v) is 3.08. The van der Waals surface area contributed by atoms with Crippen LogP contribution in [0, 0.1) is 0 Å². The molecule has 12 heteroatoms. The van der Waals surface area contributed by atoms with Gasteiger partial charge in [-0.2, -0.15) is 0 Å². The largest absolute Gasteiger partial charge is 0.394 e. The maximum absolute atomic E-state index is 11.8. The first-order chi connectivity index (χ1) is 12.8. The van der Waals surface area contributed by atoms with Crippen molar-refractivity contribution in [2.45, 2.75) is 55.6 Å². The van der Waals surface area contributed by atoms with Gasteiger partial charge in [0.15, 0.2) is 6.29 Å². The molecular weight excluding hydrogens is 368 g/mol. The van der Waals surface area contributed by atoms with Crippen molar-refractivity contribution in [2.24, 2.45) is 0 Å². The average molecular weight is 390 g/mol. The quantitative estimate of drug-likeness (QED) is 0.290. The van der Waals surface area contributed by atoms with Crippen LogP contribution in [0.1, 0.15) is 12.6 Å². The van der Waals surface area contributed by atoms with Gasteiger partial charge in [0.05, 0.1) is 19.3 Å². The number of hydrogen-bond acceptors (Lipinski definition) is 10. The van der Waals surface area contributed by atoms with Crippen molar-refractivity contribution in [3.63, 3.8) is 0 Å². The lowest BCUT2D eigenvalue weighted by Crippen LogP contribution is -2.59. The van der Waals surface area contributed by atoms with Crippen LogP contribution < -0.4 is 11.2 Å². The number of aromatic nitrogens is 2. The Kier molecular flexibility index (Phi) is 6.08. The van der Waals surface area contributed by atoms with Crippen molar-refractivity contribution in [1.82, 2.24) is 9.55 Å². The van der Waals surface area contributed by atoms with E-state index < -0.39 is 67.0 Å². The van der Waals surface area contributed by atoms with E-state index in [0.717, 1.165) is 10.6 Å². The molecule has 0 bridgehead atoms. The molecule has 3 rings (SSSR count). The van der Waals surface area contributed by atoms with Crippen molar-refractivity contribution in [3.8, 4) is 0 Å². The van der Waals surface area contributed by atoms with E-state index in [1.165, 1.54) is 6.20 Å². The lowest BCUT2D eigenvalue weighted by molar-refractivity contribution is -0.306. The van der Waals surface area contributed by atoms with Crippen molar-refractivity contribution < 1.29 is 39.7 Å². The second-order valence-corrected chi connectivity index (χ2v) is 6.48. The van der Waals surface area contributed by atoms with E-state index >= 15 is 0 Å². The fourth-order valence-electron chi connectivity index (χ4n) is 3.08. The summed E-state index contributed by atoms with van der Waals surface area (Å²) in [7, 11) is 0. The predicted octanol–water partition coefficient (Wildman–Crippen LogP) is -4.00.